The maximum absolute atomic E-state index is 12.5. The number of hydrogen-bond acceptors (Lipinski definition) is 5. The molecule has 1 unspecified atom stereocenters. The van der Waals surface area contributed by atoms with E-state index in [1.54, 1.807) is 13.1 Å². The molecule has 1 aliphatic heterocycles. The predicted molar refractivity (Wildman–Crippen MR) is 105 cm³/mol. The van der Waals surface area contributed by atoms with E-state index >= 15 is 0 Å². The van der Waals surface area contributed by atoms with E-state index in [1.807, 2.05) is 41.9 Å². The normalized spacial score (nSPS) is 18.1. The van der Waals surface area contributed by atoms with Crippen molar-refractivity contribution in [1.29, 1.82) is 0 Å². The molecule has 7 heteroatoms. The topological polar surface area (TPSA) is 64.4 Å². The lowest BCUT2D eigenvalue weighted by Gasteiger charge is -2.27. The fourth-order valence-corrected chi connectivity index (χ4v) is 4.46. The van der Waals surface area contributed by atoms with E-state index in [0.717, 1.165) is 37.3 Å². The summed E-state index contributed by atoms with van der Waals surface area (Å²) >= 11 is 0. The minimum absolute atomic E-state index is 0.0456. The van der Waals surface area contributed by atoms with Gasteiger partial charge in [-0.2, -0.15) is 0 Å². The van der Waals surface area contributed by atoms with Gasteiger partial charge in [0.05, 0.1) is 30.3 Å². The molecule has 148 valence electrons. The maximum Gasteiger partial charge on any atom is 0.228 e. The first kappa shape index (κ1) is 20.0. The van der Waals surface area contributed by atoms with E-state index in [-0.39, 0.29) is 17.0 Å². The highest BCUT2D eigenvalue weighted by Gasteiger charge is 2.23. The molecule has 0 bridgehead atoms. The second-order valence-electron chi connectivity index (χ2n) is 7.19. The summed E-state index contributed by atoms with van der Waals surface area (Å²) in [6, 6.07) is 9.90. The zero-order valence-electron chi connectivity index (χ0n) is 16.2. The molecule has 0 saturated carbocycles. The highest BCUT2D eigenvalue weighted by atomic mass is 32.2. The zero-order valence-corrected chi connectivity index (χ0v) is 17.0. The van der Waals surface area contributed by atoms with E-state index in [9.17, 15) is 8.42 Å². The van der Waals surface area contributed by atoms with Gasteiger partial charge in [-0.3, -0.25) is 4.90 Å². The molecule has 0 N–H and O–H groups in total. The smallest absolute Gasteiger partial charge is 0.228 e. The summed E-state index contributed by atoms with van der Waals surface area (Å²) in [5, 5.41) is 0.158. The van der Waals surface area contributed by atoms with Crippen LogP contribution in [0, 0.1) is 0 Å². The highest BCUT2D eigenvalue weighted by Crippen LogP contribution is 2.19. The number of sulfone groups is 1. The Morgan fingerprint density at radius 3 is 2.70 bits per heavy atom. The van der Waals surface area contributed by atoms with Crippen LogP contribution in [0.2, 0.25) is 0 Å². The van der Waals surface area contributed by atoms with Crippen molar-refractivity contribution in [2.45, 2.75) is 50.5 Å². The molecule has 0 aliphatic carbocycles. The first-order chi connectivity index (χ1) is 13.0. The highest BCUT2D eigenvalue weighted by molar-refractivity contribution is 7.91. The van der Waals surface area contributed by atoms with Crippen LogP contribution in [0.25, 0.3) is 0 Å². The molecule has 0 amide bonds. The SMILES string of the molecule is CCS(=O)(=O)c1ncc(CN(C)CC2CCCCO2)n1Cc1ccccc1. The van der Waals surface area contributed by atoms with Gasteiger partial charge in [-0.1, -0.05) is 37.3 Å². The molecule has 27 heavy (non-hydrogen) atoms. The van der Waals surface area contributed by atoms with Gasteiger partial charge >= 0.3 is 0 Å². The maximum atomic E-state index is 12.5. The molecular weight excluding hydrogens is 362 g/mol. The first-order valence-corrected chi connectivity index (χ1v) is 11.3. The van der Waals surface area contributed by atoms with Crippen LogP contribution in [0.4, 0.5) is 0 Å². The molecular formula is C20H29N3O3S. The monoisotopic (exact) mass is 391 g/mol. The Hall–Kier alpha value is -1.70. The van der Waals surface area contributed by atoms with Gasteiger partial charge < -0.3 is 9.30 Å². The van der Waals surface area contributed by atoms with Gasteiger partial charge in [0.15, 0.2) is 0 Å². The third-order valence-electron chi connectivity index (χ3n) is 4.96. The van der Waals surface area contributed by atoms with Crippen LogP contribution >= 0.6 is 0 Å². The minimum Gasteiger partial charge on any atom is -0.377 e. The van der Waals surface area contributed by atoms with Crippen molar-refractivity contribution in [3.8, 4) is 0 Å². The minimum atomic E-state index is -3.38. The van der Waals surface area contributed by atoms with Gasteiger partial charge in [-0.05, 0) is 31.9 Å². The Morgan fingerprint density at radius 1 is 1.26 bits per heavy atom. The van der Waals surface area contributed by atoms with E-state index in [1.165, 1.54) is 6.42 Å². The quantitative estimate of drug-likeness (QED) is 0.692. The summed E-state index contributed by atoms with van der Waals surface area (Å²) < 4.78 is 32.7. The second-order valence-corrected chi connectivity index (χ2v) is 9.36. The number of likely N-dealkylation sites (N-methyl/N-ethyl adjacent to an activating group) is 1. The lowest BCUT2D eigenvalue weighted by molar-refractivity contribution is -0.00289. The number of aromatic nitrogens is 2. The Morgan fingerprint density at radius 2 is 2.04 bits per heavy atom. The van der Waals surface area contributed by atoms with Crippen molar-refractivity contribution >= 4 is 9.84 Å². The third-order valence-corrected chi connectivity index (χ3v) is 6.61. The van der Waals surface area contributed by atoms with Gasteiger partial charge in [0.25, 0.3) is 0 Å². The Balaban J connectivity index is 1.81. The summed E-state index contributed by atoms with van der Waals surface area (Å²) in [4.78, 5) is 6.46. The molecule has 1 atom stereocenters. The molecule has 2 heterocycles. The summed E-state index contributed by atoms with van der Waals surface area (Å²) in [5.74, 6) is 0.0456. The fraction of sp³-hybridized carbons (Fsp3) is 0.550. The summed E-state index contributed by atoms with van der Waals surface area (Å²) in [6.07, 6.45) is 5.39. The van der Waals surface area contributed by atoms with E-state index in [4.69, 9.17) is 4.74 Å². The molecule has 1 aromatic heterocycles. The number of nitrogens with zero attached hydrogens (tertiary/aromatic N) is 3. The van der Waals surface area contributed by atoms with Gasteiger partial charge in [0.2, 0.25) is 15.0 Å². The van der Waals surface area contributed by atoms with Crippen LogP contribution in [0.5, 0.6) is 0 Å². The van der Waals surface area contributed by atoms with E-state index < -0.39 is 9.84 Å². The van der Waals surface area contributed by atoms with Crippen molar-refractivity contribution in [1.82, 2.24) is 14.5 Å². The van der Waals surface area contributed by atoms with Crippen molar-refractivity contribution in [2.24, 2.45) is 0 Å². The van der Waals surface area contributed by atoms with Crippen molar-refractivity contribution in [2.75, 3.05) is 26.0 Å². The van der Waals surface area contributed by atoms with E-state index in [0.29, 0.717) is 13.1 Å². The van der Waals surface area contributed by atoms with Crippen LogP contribution < -0.4 is 0 Å². The molecule has 1 saturated heterocycles. The van der Waals surface area contributed by atoms with Gasteiger partial charge in [0.1, 0.15) is 0 Å². The number of hydrogen-bond donors (Lipinski definition) is 0. The first-order valence-electron chi connectivity index (χ1n) is 9.61. The van der Waals surface area contributed by atoms with Crippen LogP contribution in [0.1, 0.15) is 37.4 Å². The molecule has 0 spiro atoms. The van der Waals surface area contributed by atoms with Gasteiger partial charge in [-0.15, -0.1) is 0 Å². The van der Waals surface area contributed by atoms with Crippen molar-refractivity contribution < 1.29 is 13.2 Å². The van der Waals surface area contributed by atoms with Crippen LogP contribution in [0.3, 0.4) is 0 Å². The van der Waals surface area contributed by atoms with Crippen molar-refractivity contribution in [3.63, 3.8) is 0 Å². The average Bonchev–Trinajstić information content (AvgIpc) is 3.06. The molecule has 1 fully saturated rings. The van der Waals surface area contributed by atoms with Crippen molar-refractivity contribution in [3.05, 3.63) is 47.8 Å². The van der Waals surface area contributed by atoms with Crippen LogP contribution in [-0.4, -0.2) is 54.9 Å². The number of rotatable bonds is 8. The summed E-state index contributed by atoms with van der Waals surface area (Å²) in [6.45, 7) is 4.47. The van der Waals surface area contributed by atoms with Crippen LogP contribution in [-0.2, 0) is 27.7 Å². The van der Waals surface area contributed by atoms with Gasteiger partial charge in [-0.25, -0.2) is 13.4 Å². The number of imidazole rings is 1. The number of benzene rings is 1. The molecule has 1 aromatic carbocycles. The lowest BCUT2D eigenvalue weighted by Crippen LogP contribution is -2.33. The average molecular weight is 392 g/mol. The molecule has 2 aromatic rings. The molecule has 3 rings (SSSR count). The largest absolute Gasteiger partial charge is 0.377 e. The summed E-state index contributed by atoms with van der Waals surface area (Å²) in [7, 11) is -1.34. The standard InChI is InChI=1S/C20H29N3O3S/c1-3-27(24,25)20-21-13-18(23(20)14-17-9-5-4-6-10-17)15-22(2)16-19-11-7-8-12-26-19/h4-6,9-10,13,19H,3,7-8,11-12,14-16H2,1-2H3. The molecule has 0 radical (unpaired) electrons. The predicted octanol–water partition coefficient (Wildman–Crippen LogP) is 2.73. The Labute approximate surface area is 162 Å². The molecule has 6 nitrogen and oxygen atoms in total. The Kier molecular flexibility index (Phi) is 6.68. The number of ether oxygens (including phenoxy) is 1. The van der Waals surface area contributed by atoms with E-state index in [2.05, 4.69) is 9.88 Å². The summed E-state index contributed by atoms with van der Waals surface area (Å²) in [5.41, 5.74) is 1.96. The lowest BCUT2D eigenvalue weighted by atomic mass is 10.1. The second kappa shape index (κ2) is 8.99. The fourth-order valence-electron chi connectivity index (χ4n) is 3.47. The zero-order chi connectivity index (χ0) is 19.3. The van der Waals surface area contributed by atoms with Gasteiger partial charge in [0, 0.05) is 19.7 Å². The molecule has 1 aliphatic rings. The Bertz CT molecular complexity index is 827. The van der Waals surface area contributed by atoms with Crippen LogP contribution in [0.15, 0.2) is 41.7 Å². The third kappa shape index (κ3) is 5.18.